The van der Waals surface area contributed by atoms with Gasteiger partial charge < -0.3 is 10.2 Å². The molecule has 108 valence electrons. The maximum absolute atomic E-state index is 9.12. The summed E-state index contributed by atoms with van der Waals surface area (Å²) in [4.78, 5) is 3.97. The van der Waals surface area contributed by atoms with E-state index < -0.39 is 0 Å². The molecule has 0 amide bonds. The number of rotatable bonds is 2. The highest BCUT2D eigenvalue weighted by Gasteiger charge is 2.00. The van der Waals surface area contributed by atoms with Crippen LogP contribution in [0.4, 0.5) is 0 Å². The average Bonchev–Trinajstić information content (AvgIpc) is 2.40. The van der Waals surface area contributed by atoms with Gasteiger partial charge in [0.1, 0.15) is 18.1 Å². The van der Waals surface area contributed by atoms with Gasteiger partial charge in [-0.25, -0.2) is 4.89 Å². The smallest absolute Gasteiger partial charge is 0.122 e. The van der Waals surface area contributed by atoms with Crippen molar-refractivity contribution in [2.45, 2.75) is 27.4 Å². The second kappa shape index (κ2) is 7.53. The van der Waals surface area contributed by atoms with Crippen molar-refractivity contribution in [3.05, 3.63) is 58.7 Å². The quantitative estimate of drug-likeness (QED) is 0.578. The first-order valence-electron chi connectivity index (χ1n) is 6.25. The number of hydrogen-bond acceptors (Lipinski definition) is 4. The molecule has 0 aliphatic heterocycles. The molecule has 0 saturated carbocycles. The van der Waals surface area contributed by atoms with E-state index in [0.29, 0.717) is 0 Å². The van der Waals surface area contributed by atoms with Crippen molar-refractivity contribution in [3.8, 4) is 11.5 Å². The van der Waals surface area contributed by atoms with Gasteiger partial charge in [0.25, 0.3) is 0 Å². The molecule has 0 unspecified atom stereocenters. The maximum Gasteiger partial charge on any atom is 0.122 e. The number of aryl methyl sites for hydroxylation is 2. The van der Waals surface area contributed by atoms with E-state index in [1.807, 2.05) is 45.0 Å². The first-order valence-corrected chi connectivity index (χ1v) is 6.25. The molecule has 0 aliphatic carbocycles. The van der Waals surface area contributed by atoms with Gasteiger partial charge in [0.05, 0.1) is 0 Å². The molecule has 0 bridgehead atoms. The second-order valence-corrected chi connectivity index (χ2v) is 4.67. The summed E-state index contributed by atoms with van der Waals surface area (Å²) in [6.07, 6.45) is 0. The van der Waals surface area contributed by atoms with E-state index in [0.717, 1.165) is 16.7 Å². The third kappa shape index (κ3) is 4.91. The van der Waals surface area contributed by atoms with Crippen LogP contribution >= 0.6 is 0 Å². The highest BCUT2D eigenvalue weighted by Crippen LogP contribution is 2.25. The summed E-state index contributed by atoms with van der Waals surface area (Å²) < 4.78 is 0. The monoisotopic (exact) mass is 276 g/mol. The minimum Gasteiger partial charge on any atom is -0.508 e. The van der Waals surface area contributed by atoms with Crippen LogP contribution in [0.1, 0.15) is 22.3 Å². The highest BCUT2D eigenvalue weighted by molar-refractivity contribution is 5.43. The van der Waals surface area contributed by atoms with Gasteiger partial charge in [0.15, 0.2) is 0 Å². The van der Waals surface area contributed by atoms with Crippen LogP contribution in [0, 0.1) is 20.8 Å². The van der Waals surface area contributed by atoms with Crippen molar-refractivity contribution in [2.75, 3.05) is 0 Å². The lowest BCUT2D eigenvalue weighted by Crippen LogP contribution is -1.86. The maximum atomic E-state index is 9.12. The molecular weight excluding hydrogens is 256 g/mol. The Morgan fingerprint density at radius 2 is 1.55 bits per heavy atom. The molecule has 0 fully saturated rings. The first-order chi connectivity index (χ1) is 9.43. The van der Waals surface area contributed by atoms with Crippen molar-refractivity contribution in [1.82, 2.24) is 0 Å². The lowest BCUT2D eigenvalue weighted by Gasteiger charge is -2.02. The third-order valence-electron chi connectivity index (χ3n) is 2.98. The van der Waals surface area contributed by atoms with E-state index in [4.69, 9.17) is 15.5 Å². The number of hydrogen-bond donors (Lipinski definition) is 3. The van der Waals surface area contributed by atoms with Crippen LogP contribution in [0.3, 0.4) is 0 Å². The molecule has 2 aromatic carbocycles. The summed E-state index contributed by atoms with van der Waals surface area (Å²) in [5, 5.41) is 26.2. The van der Waals surface area contributed by atoms with Crippen LogP contribution in [0.2, 0.25) is 0 Å². The van der Waals surface area contributed by atoms with Crippen LogP contribution in [0.5, 0.6) is 11.5 Å². The van der Waals surface area contributed by atoms with Gasteiger partial charge in [-0.05, 0) is 43.5 Å². The van der Waals surface area contributed by atoms with Crippen LogP contribution in [-0.4, -0.2) is 15.5 Å². The van der Waals surface area contributed by atoms with Crippen molar-refractivity contribution in [1.29, 1.82) is 0 Å². The van der Waals surface area contributed by atoms with Crippen LogP contribution < -0.4 is 0 Å². The van der Waals surface area contributed by atoms with Gasteiger partial charge in [-0.1, -0.05) is 29.8 Å². The Hall–Kier alpha value is -2.04. The lowest BCUT2D eigenvalue weighted by molar-refractivity contribution is -0.253. The van der Waals surface area contributed by atoms with Gasteiger partial charge in [0, 0.05) is 6.07 Å². The molecule has 0 radical (unpaired) electrons. The molecule has 0 aliphatic rings. The fourth-order valence-electron chi connectivity index (χ4n) is 1.58. The molecule has 4 nitrogen and oxygen atoms in total. The minimum atomic E-state index is 0.112. The Kier molecular flexibility index (Phi) is 6.03. The predicted octanol–water partition coefficient (Wildman–Crippen LogP) is 3.70. The van der Waals surface area contributed by atoms with Gasteiger partial charge in [-0.2, -0.15) is 0 Å². The first kappa shape index (κ1) is 16.0. The standard InChI is InChI=1S/2C8H10O2/c1-5-3-7(9)4-8(10)6(5)2;1-7-2-4-8(5-3-7)6-10-9/h3-4,9-10H,1-2H3;2-5,9H,6H2,1H3. The Morgan fingerprint density at radius 3 is 2.05 bits per heavy atom. The number of phenols is 2. The summed E-state index contributed by atoms with van der Waals surface area (Å²) in [6, 6.07) is 10.8. The number of benzene rings is 2. The zero-order valence-electron chi connectivity index (χ0n) is 11.9. The number of phenolic OH excluding ortho intramolecular Hbond substituents is 2. The largest absolute Gasteiger partial charge is 0.508 e. The van der Waals surface area contributed by atoms with Gasteiger partial charge in [-0.15, -0.1) is 0 Å². The van der Waals surface area contributed by atoms with E-state index in [-0.39, 0.29) is 18.1 Å². The topological polar surface area (TPSA) is 69.9 Å². The third-order valence-corrected chi connectivity index (χ3v) is 2.98. The molecule has 0 saturated heterocycles. The molecule has 0 atom stereocenters. The lowest BCUT2D eigenvalue weighted by atomic mass is 10.1. The average molecular weight is 276 g/mol. The van der Waals surface area contributed by atoms with E-state index in [9.17, 15) is 0 Å². The summed E-state index contributed by atoms with van der Waals surface area (Å²) in [7, 11) is 0. The molecule has 3 N–H and O–H groups in total. The van der Waals surface area contributed by atoms with E-state index in [2.05, 4.69) is 4.89 Å². The van der Waals surface area contributed by atoms with Crippen LogP contribution in [0.15, 0.2) is 36.4 Å². The molecular formula is C16H20O4. The fraction of sp³-hybridized carbons (Fsp3) is 0.250. The molecule has 0 aromatic heterocycles. The van der Waals surface area contributed by atoms with E-state index >= 15 is 0 Å². The summed E-state index contributed by atoms with van der Waals surface area (Å²) in [6.45, 7) is 5.93. The zero-order valence-corrected chi connectivity index (χ0v) is 11.9. The van der Waals surface area contributed by atoms with Gasteiger partial charge in [-0.3, -0.25) is 5.26 Å². The van der Waals surface area contributed by atoms with Gasteiger partial charge >= 0.3 is 0 Å². The molecule has 0 spiro atoms. The van der Waals surface area contributed by atoms with Crippen LogP contribution in [0.25, 0.3) is 0 Å². The Bertz CT molecular complexity index is 524. The summed E-state index contributed by atoms with van der Waals surface area (Å²) in [5.74, 6) is 0.262. The van der Waals surface area contributed by atoms with E-state index in [1.165, 1.54) is 11.6 Å². The van der Waals surface area contributed by atoms with Crippen molar-refractivity contribution in [2.24, 2.45) is 0 Å². The Balaban J connectivity index is 0.000000200. The highest BCUT2D eigenvalue weighted by atomic mass is 17.1. The van der Waals surface area contributed by atoms with Crippen molar-refractivity contribution < 1.29 is 20.4 Å². The van der Waals surface area contributed by atoms with Gasteiger partial charge in [0.2, 0.25) is 0 Å². The molecule has 2 aromatic rings. The molecule has 2 rings (SSSR count). The minimum absolute atomic E-state index is 0.112. The van der Waals surface area contributed by atoms with Crippen molar-refractivity contribution >= 4 is 0 Å². The van der Waals surface area contributed by atoms with Crippen LogP contribution in [-0.2, 0) is 11.5 Å². The summed E-state index contributed by atoms with van der Waals surface area (Å²) in [5.41, 5.74) is 3.91. The molecule has 4 heteroatoms. The number of aromatic hydroxyl groups is 2. The zero-order chi connectivity index (χ0) is 15.1. The second-order valence-electron chi connectivity index (χ2n) is 4.67. The van der Waals surface area contributed by atoms with E-state index in [1.54, 1.807) is 6.07 Å². The Labute approximate surface area is 118 Å². The van der Waals surface area contributed by atoms with Crippen molar-refractivity contribution in [3.63, 3.8) is 0 Å². The SMILES string of the molecule is Cc1cc(O)cc(O)c1C.Cc1ccc(COO)cc1. The summed E-state index contributed by atoms with van der Waals surface area (Å²) >= 11 is 0. The molecule has 20 heavy (non-hydrogen) atoms. The predicted molar refractivity (Wildman–Crippen MR) is 77.8 cm³/mol. The molecule has 0 heterocycles. The normalized spacial score (nSPS) is 9.80. The Morgan fingerprint density at radius 1 is 0.950 bits per heavy atom. The fourth-order valence-corrected chi connectivity index (χ4v) is 1.58.